The van der Waals surface area contributed by atoms with Gasteiger partial charge in [0.25, 0.3) is 5.91 Å². The van der Waals surface area contributed by atoms with Crippen molar-refractivity contribution < 1.29 is 27.1 Å². The summed E-state index contributed by atoms with van der Waals surface area (Å²) in [6.07, 6.45) is 0. The molecule has 0 unspecified atom stereocenters. The Balaban J connectivity index is 1.68. The van der Waals surface area contributed by atoms with Gasteiger partial charge in [0, 0.05) is 23.8 Å². The molecule has 1 amide bonds. The number of morpholine rings is 1. The summed E-state index contributed by atoms with van der Waals surface area (Å²) in [4.78, 5) is 11.6. The molecule has 1 saturated heterocycles. The molecule has 0 radical (unpaired) electrons. The van der Waals surface area contributed by atoms with Crippen molar-refractivity contribution in [2.24, 2.45) is 0 Å². The monoisotopic (exact) mass is 428 g/mol. The number of anilines is 1. The molecule has 2 aromatic rings. The molecule has 0 spiro atoms. The molecule has 0 aliphatic carbocycles. The summed E-state index contributed by atoms with van der Waals surface area (Å²) in [5.41, 5.74) is 0.151. The van der Waals surface area contributed by atoms with Gasteiger partial charge < -0.3 is 14.8 Å². The Labute approximate surface area is 167 Å². The van der Waals surface area contributed by atoms with Crippen molar-refractivity contribution >= 4 is 33.2 Å². The number of rotatable bonds is 6. The average Bonchev–Trinajstić information content (AvgIpc) is 2.69. The van der Waals surface area contributed by atoms with Gasteiger partial charge in [-0.15, -0.1) is 0 Å². The van der Waals surface area contributed by atoms with E-state index in [0.29, 0.717) is 10.8 Å². The molecule has 2 aromatic carbocycles. The molecule has 1 aliphatic rings. The van der Waals surface area contributed by atoms with Crippen LogP contribution in [-0.4, -0.2) is 51.5 Å². The van der Waals surface area contributed by atoms with Crippen LogP contribution in [0.2, 0.25) is 5.02 Å². The van der Waals surface area contributed by atoms with Crippen LogP contribution in [0, 0.1) is 5.82 Å². The van der Waals surface area contributed by atoms with Crippen LogP contribution in [-0.2, 0) is 19.6 Å². The molecule has 3 rings (SSSR count). The van der Waals surface area contributed by atoms with Crippen molar-refractivity contribution in [3.05, 3.63) is 53.3 Å². The van der Waals surface area contributed by atoms with Crippen LogP contribution in [0.4, 0.5) is 10.1 Å². The van der Waals surface area contributed by atoms with E-state index in [4.69, 9.17) is 21.1 Å². The normalized spacial score (nSPS) is 15.2. The maximum atomic E-state index is 14.2. The Morgan fingerprint density at radius 3 is 2.54 bits per heavy atom. The van der Waals surface area contributed by atoms with Crippen LogP contribution in [0.3, 0.4) is 0 Å². The summed E-state index contributed by atoms with van der Waals surface area (Å²) in [5, 5.41) is 3.04. The maximum Gasteiger partial charge on any atom is 0.262 e. The van der Waals surface area contributed by atoms with Crippen molar-refractivity contribution in [2.75, 3.05) is 38.2 Å². The Morgan fingerprint density at radius 1 is 1.18 bits per heavy atom. The Morgan fingerprint density at radius 2 is 1.86 bits per heavy atom. The fourth-order valence-electron chi connectivity index (χ4n) is 2.58. The lowest BCUT2D eigenvalue weighted by molar-refractivity contribution is -0.118. The number of halogens is 2. The van der Waals surface area contributed by atoms with Gasteiger partial charge in [0.2, 0.25) is 10.0 Å². The summed E-state index contributed by atoms with van der Waals surface area (Å²) < 4.78 is 51.1. The topological polar surface area (TPSA) is 84.9 Å². The van der Waals surface area contributed by atoms with E-state index in [1.165, 1.54) is 6.07 Å². The Kier molecular flexibility index (Phi) is 6.50. The predicted octanol–water partition coefficient (Wildman–Crippen LogP) is 2.52. The number of carbonyl (C=O) groups is 1. The van der Waals surface area contributed by atoms with Crippen molar-refractivity contribution in [1.29, 1.82) is 0 Å². The van der Waals surface area contributed by atoms with Gasteiger partial charge in [0.1, 0.15) is 16.5 Å². The second-order valence-corrected chi connectivity index (χ2v) is 8.30. The second kappa shape index (κ2) is 8.87. The van der Waals surface area contributed by atoms with E-state index in [0.717, 1.165) is 16.4 Å². The van der Waals surface area contributed by atoms with E-state index < -0.39 is 26.6 Å². The summed E-state index contributed by atoms with van der Waals surface area (Å²) in [6.45, 7) is 0.490. The van der Waals surface area contributed by atoms with Crippen molar-refractivity contribution in [3.8, 4) is 5.75 Å². The minimum absolute atomic E-state index is 0.146. The summed E-state index contributed by atoms with van der Waals surface area (Å²) >= 11 is 5.78. The second-order valence-electron chi connectivity index (χ2n) is 5.95. The molecule has 0 bridgehead atoms. The van der Waals surface area contributed by atoms with Gasteiger partial charge >= 0.3 is 0 Å². The largest absolute Gasteiger partial charge is 0.484 e. The molecule has 0 atom stereocenters. The molecule has 1 aliphatic heterocycles. The highest BCUT2D eigenvalue weighted by atomic mass is 35.5. The van der Waals surface area contributed by atoms with E-state index >= 15 is 0 Å². The highest BCUT2D eigenvalue weighted by molar-refractivity contribution is 7.89. The fraction of sp³-hybridized carbons (Fsp3) is 0.278. The van der Waals surface area contributed by atoms with E-state index in [1.807, 2.05) is 0 Å². The number of carbonyl (C=O) groups excluding carboxylic acids is 1. The predicted molar refractivity (Wildman–Crippen MR) is 102 cm³/mol. The van der Waals surface area contributed by atoms with Crippen LogP contribution >= 0.6 is 11.6 Å². The van der Waals surface area contributed by atoms with Crippen molar-refractivity contribution in [1.82, 2.24) is 4.31 Å². The quantitative estimate of drug-likeness (QED) is 0.764. The molecule has 7 nitrogen and oxygen atoms in total. The number of nitrogens with one attached hydrogen (secondary N) is 1. The number of amides is 1. The molecule has 1 N–H and O–H groups in total. The molecule has 1 heterocycles. The Bertz CT molecular complexity index is 947. The third-order valence-corrected chi connectivity index (χ3v) is 6.15. The molecule has 150 valence electrons. The lowest BCUT2D eigenvalue weighted by Crippen LogP contribution is -2.40. The van der Waals surface area contributed by atoms with Crippen LogP contribution in [0.25, 0.3) is 0 Å². The van der Waals surface area contributed by atoms with Crippen LogP contribution in [0.1, 0.15) is 0 Å². The SMILES string of the molecule is O=C(COc1ccc(Cl)cc1)Nc1ccc(F)c(S(=O)(=O)N2CCOCC2)c1. The van der Waals surface area contributed by atoms with E-state index in [1.54, 1.807) is 24.3 Å². The number of benzene rings is 2. The Hall–Kier alpha value is -2.20. The van der Waals surface area contributed by atoms with Gasteiger partial charge in [-0.1, -0.05) is 11.6 Å². The van der Waals surface area contributed by atoms with Gasteiger partial charge in [0.15, 0.2) is 6.61 Å². The minimum atomic E-state index is -4.03. The first kappa shape index (κ1) is 20.5. The van der Waals surface area contributed by atoms with Crippen molar-refractivity contribution in [2.45, 2.75) is 4.90 Å². The number of hydrogen-bond donors (Lipinski definition) is 1. The summed E-state index contributed by atoms with van der Waals surface area (Å²) in [7, 11) is -4.03. The maximum absolute atomic E-state index is 14.2. The number of sulfonamides is 1. The number of hydrogen-bond acceptors (Lipinski definition) is 5. The highest BCUT2D eigenvalue weighted by Crippen LogP contribution is 2.24. The zero-order valence-corrected chi connectivity index (χ0v) is 16.3. The van der Waals surface area contributed by atoms with Gasteiger partial charge in [-0.2, -0.15) is 4.31 Å². The standard InChI is InChI=1S/C18H18ClFN2O5S/c19-13-1-4-15(5-2-13)27-12-18(23)21-14-3-6-16(20)17(11-14)28(24,25)22-7-9-26-10-8-22/h1-6,11H,7-10,12H2,(H,21,23). The van der Waals surface area contributed by atoms with Crippen LogP contribution in [0.5, 0.6) is 5.75 Å². The van der Waals surface area contributed by atoms with E-state index in [2.05, 4.69) is 5.32 Å². The molecule has 1 fully saturated rings. The zero-order chi connectivity index (χ0) is 20.1. The van der Waals surface area contributed by atoms with E-state index in [-0.39, 0.29) is 38.6 Å². The molecule has 28 heavy (non-hydrogen) atoms. The zero-order valence-electron chi connectivity index (χ0n) is 14.7. The third-order valence-electron chi connectivity index (χ3n) is 3.99. The smallest absolute Gasteiger partial charge is 0.262 e. The van der Waals surface area contributed by atoms with Gasteiger partial charge in [-0.25, -0.2) is 12.8 Å². The van der Waals surface area contributed by atoms with Gasteiger partial charge in [-0.05, 0) is 42.5 Å². The van der Waals surface area contributed by atoms with Crippen LogP contribution < -0.4 is 10.1 Å². The summed E-state index contributed by atoms with van der Waals surface area (Å²) in [5.74, 6) is -0.951. The lowest BCUT2D eigenvalue weighted by atomic mass is 10.3. The fourth-order valence-corrected chi connectivity index (χ4v) is 4.21. The molecular formula is C18H18ClFN2O5S. The van der Waals surface area contributed by atoms with Gasteiger partial charge in [0.05, 0.1) is 13.2 Å². The summed E-state index contributed by atoms with van der Waals surface area (Å²) in [6, 6.07) is 9.85. The van der Waals surface area contributed by atoms with Crippen molar-refractivity contribution in [3.63, 3.8) is 0 Å². The molecular weight excluding hydrogens is 411 g/mol. The highest BCUT2D eigenvalue weighted by Gasteiger charge is 2.29. The number of ether oxygens (including phenoxy) is 2. The molecule has 10 heteroatoms. The van der Waals surface area contributed by atoms with E-state index in [9.17, 15) is 17.6 Å². The lowest BCUT2D eigenvalue weighted by Gasteiger charge is -2.26. The molecule has 0 aromatic heterocycles. The first-order valence-electron chi connectivity index (χ1n) is 8.42. The average molecular weight is 429 g/mol. The van der Waals surface area contributed by atoms with Crippen LogP contribution in [0.15, 0.2) is 47.4 Å². The number of nitrogens with zero attached hydrogens (tertiary/aromatic N) is 1. The third kappa shape index (κ3) is 4.99. The molecule has 0 saturated carbocycles. The first-order valence-corrected chi connectivity index (χ1v) is 10.2. The first-order chi connectivity index (χ1) is 13.4. The van der Waals surface area contributed by atoms with Gasteiger partial charge in [-0.3, -0.25) is 4.79 Å². The minimum Gasteiger partial charge on any atom is -0.484 e.